The third-order valence-corrected chi connectivity index (χ3v) is 10.8. The van der Waals surface area contributed by atoms with Crippen LogP contribution in [0.3, 0.4) is 0 Å². The van der Waals surface area contributed by atoms with Crippen molar-refractivity contribution < 1.29 is 12.6 Å². The minimum Gasteiger partial charge on any atom is -0.455 e. The Morgan fingerprint density at radius 1 is 0.421 bits per heavy atom. The van der Waals surface area contributed by atoms with Gasteiger partial charge in [-0.15, -0.1) is 0 Å². The zero-order chi connectivity index (χ0) is 42.7. The highest BCUT2D eigenvalue weighted by Crippen LogP contribution is 2.42. The van der Waals surface area contributed by atoms with Crippen molar-refractivity contribution in [3.63, 3.8) is 0 Å². The van der Waals surface area contributed by atoms with Crippen LogP contribution >= 0.6 is 0 Å². The standard InChI is InChI=1S/C51H31N5O/c1-2-15-32(16-3-1)49-52-50(54-51(53-49)56-44-26-11-6-19-36(44)37-20-7-12-27-45(37)56)33-29-30-46(55-42-24-9-4-17-34(42)35-18-5-10-25-43(35)55)41(31-33)40-23-14-22-39-38-21-8-13-28-47(38)57-48(39)40/h1-31H/i8D,14D,21D,22D,23D,28D. The average Bonchev–Trinajstić information content (AvgIpc) is 3.99. The van der Waals surface area contributed by atoms with Gasteiger partial charge < -0.3 is 8.98 Å². The molecule has 0 saturated carbocycles. The van der Waals surface area contributed by atoms with Gasteiger partial charge in [0.15, 0.2) is 11.6 Å². The molecule has 6 heteroatoms. The number of aromatic nitrogens is 5. The molecule has 0 N–H and O–H groups in total. The molecule has 0 atom stereocenters. The van der Waals surface area contributed by atoms with Crippen LogP contribution in [0.2, 0.25) is 0 Å². The second-order valence-corrected chi connectivity index (χ2v) is 13.9. The molecule has 57 heavy (non-hydrogen) atoms. The normalized spacial score (nSPS) is 13.3. The number of para-hydroxylation sites is 6. The quantitative estimate of drug-likeness (QED) is 0.177. The van der Waals surface area contributed by atoms with Gasteiger partial charge in [0.05, 0.1) is 36.0 Å². The first-order valence-electron chi connectivity index (χ1n) is 21.6. The Labute approximate surface area is 335 Å². The maximum absolute atomic E-state index is 9.58. The van der Waals surface area contributed by atoms with Crippen LogP contribution in [0.25, 0.3) is 111 Å². The number of fused-ring (bicyclic) bond motifs is 9. The number of hydrogen-bond acceptors (Lipinski definition) is 4. The summed E-state index contributed by atoms with van der Waals surface area (Å²) >= 11 is 0. The molecule has 0 saturated heterocycles. The Bertz CT molecular complexity index is 3790. The van der Waals surface area contributed by atoms with E-state index in [0.29, 0.717) is 34.4 Å². The van der Waals surface area contributed by atoms with Gasteiger partial charge >= 0.3 is 0 Å². The van der Waals surface area contributed by atoms with Crippen LogP contribution in [0.4, 0.5) is 0 Å². The van der Waals surface area contributed by atoms with Crippen molar-refractivity contribution >= 4 is 65.6 Å². The van der Waals surface area contributed by atoms with Gasteiger partial charge in [-0.05, 0) is 48.5 Å². The molecule has 0 amide bonds. The molecule has 0 aliphatic carbocycles. The lowest BCUT2D eigenvalue weighted by molar-refractivity contribution is 0.670. The minimum absolute atomic E-state index is 0.0149. The van der Waals surface area contributed by atoms with Crippen molar-refractivity contribution in [2.24, 2.45) is 0 Å². The molecule has 0 fully saturated rings. The Morgan fingerprint density at radius 2 is 0.982 bits per heavy atom. The first-order valence-corrected chi connectivity index (χ1v) is 18.6. The summed E-state index contributed by atoms with van der Waals surface area (Å²) in [5.74, 6) is 1.22. The number of benzene rings is 8. The molecule has 0 radical (unpaired) electrons. The average molecular weight is 736 g/mol. The summed E-state index contributed by atoms with van der Waals surface area (Å²) in [6.07, 6.45) is 0. The van der Waals surface area contributed by atoms with Crippen molar-refractivity contribution in [2.45, 2.75) is 0 Å². The Hall–Kier alpha value is -7.83. The van der Waals surface area contributed by atoms with E-state index in [4.69, 9.17) is 24.9 Å². The minimum atomic E-state index is -0.375. The van der Waals surface area contributed by atoms with E-state index in [0.717, 1.165) is 49.2 Å². The number of nitrogens with zero attached hydrogens (tertiary/aromatic N) is 5. The van der Waals surface area contributed by atoms with Gasteiger partial charge in [0.25, 0.3) is 0 Å². The van der Waals surface area contributed by atoms with Crippen LogP contribution in [-0.2, 0) is 0 Å². The molecule has 4 heterocycles. The maximum Gasteiger partial charge on any atom is 0.238 e. The van der Waals surface area contributed by atoms with Crippen molar-refractivity contribution in [3.8, 4) is 45.5 Å². The van der Waals surface area contributed by atoms with E-state index in [1.807, 2.05) is 114 Å². The highest BCUT2D eigenvalue weighted by Gasteiger charge is 2.22. The van der Waals surface area contributed by atoms with E-state index in [-0.39, 0.29) is 63.8 Å². The van der Waals surface area contributed by atoms with E-state index in [9.17, 15) is 2.74 Å². The van der Waals surface area contributed by atoms with Gasteiger partial charge in [0, 0.05) is 54.6 Å². The molecule has 266 valence electrons. The second kappa shape index (κ2) is 12.3. The number of hydrogen-bond donors (Lipinski definition) is 0. The summed E-state index contributed by atoms with van der Waals surface area (Å²) in [4.78, 5) is 15.4. The van der Waals surface area contributed by atoms with Gasteiger partial charge in [0.1, 0.15) is 11.2 Å². The van der Waals surface area contributed by atoms with Crippen LogP contribution < -0.4 is 0 Å². The predicted octanol–water partition coefficient (Wildman–Crippen LogP) is 13.0. The summed E-state index contributed by atoms with van der Waals surface area (Å²) in [6.45, 7) is 0. The van der Waals surface area contributed by atoms with Crippen molar-refractivity contribution in [2.75, 3.05) is 0 Å². The number of rotatable bonds is 5. The fraction of sp³-hybridized carbons (Fsp3) is 0. The summed E-state index contributed by atoms with van der Waals surface area (Å²) in [5, 5.41) is 4.35. The Morgan fingerprint density at radius 3 is 1.63 bits per heavy atom. The lowest BCUT2D eigenvalue weighted by atomic mass is 9.98. The lowest BCUT2D eigenvalue weighted by Crippen LogP contribution is -2.06. The molecule has 0 aliphatic heterocycles. The molecule has 12 aromatic rings. The third kappa shape index (κ3) is 4.81. The van der Waals surface area contributed by atoms with Gasteiger partial charge in [-0.2, -0.15) is 9.97 Å². The van der Waals surface area contributed by atoms with Crippen LogP contribution in [0.15, 0.2) is 192 Å². The SMILES string of the molecule is [2H]c1cc([2H])c2oc3c(-c4cc(-c5nc(-c6ccccc6)nc(-n6c7ccccc7c7ccccc76)n5)ccc4-n4c5ccccc5c5ccccc54)c([2H])c([2H])c([2H])c3c2c1[2H]. The lowest BCUT2D eigenvalue weighted by Gasteiger charge is -2.16. The topological polar surface area (TPSA) is 61.7 Å². The van der Waals surface area contributed by atoms with Crippen LogP contribution in [0, 0.1) is 0 Å². The third-order valence-electron chi connectivity index (χ3n) is 10.8. The summed E-state index contributed by atoms with van der Waals surface area (Å²) in [6, 6.07) is 47.8. The monoisotopic (exact) mass is 735 g/mol. The van der Waals surface area contributed by atoms with Crippen molar-refractivity contribution in [1.29, 1.82) is 0 Å². The van der Waals surface area contributed by atoms with E-state index in [1.54, 1.807) is 0 Å². The fourth-order valence-corrected chi connectivity index (χ4v) is 8.26. The summed E-state index contributed by atoms with van der Waals surface area (Å²) in [5.41, 5.74) is 6.47. The predicted molar refractivity (Wildman–Crippen MR) is 232 cm³/mol. The summed E-state index contributed by atoms with van der Waals surface area (Å²) < 4.78 is 64.6. The molecule has 8 aromatic carbocycles. The fourth-order valence-electron chi connectivity index (χ4n) is 8.26. The molecule has 12 rings (SSSR count). The zero-order valence-corrected chi connectivity index (χ0v) is 30.1. The first kappa shape index (κ1) is 26.1. The molecule has 0 spiro atoms. The van der Waals surface area contributed by atoms with Gasteiger partial charge in [-0.25, -0.2) is 4.98 Å². The van der Waals surface area contributed by atoms with E-state index in [2.05, 4.69) is 41.0 Å². The highest BCUT2D eigenvalue weighted by molar-refractivity contribution is 6.13. The first-order chi connectivity index (χ1) is 30.8. The Kier molecular flexibility index (Phi) is 5.64. The largest absolute Gasteiger partial charge is 0.455 e. The molecule has 0 bridgehead atoms. The van der Waals surface area contributed by atoms with Crippen LogP contribution in [0.5, 0.6) is 0 Å². The number of furan rings is 1. The van der Waals surface area contributed by atoms with Crippen molar-refractivity contribution in [3.05, 3.63) is 188 Å². The van der Waals surface area contributed by atoms with Gasteiger partial charge in [-0.3, -0.25) is 4.57 Å². The molecule has 0 aliphatic rings. The molecular formula is C51H31N5O. The molecule has 4 aromatic heterocycles. The molecule has 0 unspecified atom stereocenters. The van der Waals surface area contributed by atoms with E-state index in [1.165, 1.54) is 6.07 Å². The molecule has 6 nitrogen and oxygen atoms in total. The smallest absolute Gasteiger partial charge is 0.238 e. The van der Waals surface area contributed by atoms with Crippen LogP contribution in [-0.4, -0.2) is 24.1 Å². The van der Waals surface area contributed by atoms with Gasteiger partial charge in [0.2, 0.25) is 5.95 Å². The van der Waals surface area contributed by atoms with Crippen LogP contribution in [0.1, 0.15) is 8.22 Å². The second-order valence-electron chi connectivity index (χ2n) is 13.9. The molecular weight excluding hydrogens is 699 g/mol. The highest BCUT2D eigenvalue weighted by atomic mass is 16.3. The van der Waals surface area contributed by atoms with Crippen molar-refractivity contribution in [1.82, 2.24) is 24.1 Å². The zero-order valence-electron chi connectivity index (χ0n) is 36.1. The van der Waals surface area contributed by atoms with Gasteiger partial charge in [-0.1, -0.05) is 139 Å². The van der Waals surface area contributed by atoms with E-state index < -0.39 is 0 Å². The van der Waals surface area contributed by atoms with E-state index >= 15 is 0 Å². The maximum atomic E-state index is 9.58. The summed E-state index contributed by atoms with van der Waals surface area (Å²) in [7, 11) is 0. The Balaban J connectivity index is 1.21.